The molecule has 2 unspecified atom stereocenters. The molecule has 2 atom stereocenters. The normalized spacial score (nSPS) is 25.1. The van der Waals surface area contributed by atoms with Crippen LogP contribution in [0.15, 0.2) is 18.9 Å². The Hall–Kier alpha value is -1.29. The van der Waals surface area contributed by atoms with Gasteiger partial charge in [0.15, 0.2) is 0 Å². The maximum absolute atomic E-state index is 4.57. The Bertz CT molecular complexity index is 410. The van der Waals surface area contributed by atoms with Gasteiger partial charge in [-0.2, -0.15) is 0 Å². The highest BCUT2D eigenvalue weighted by Crippen LogP contribution is 2.20. The van der Waals surface area contributed by atoms with E-state index in [0.717, 1.165) is 31.3 Å². The summed E-state index contributed by atoms with van der Waals surface area (Å²) >= 11 is 0. The molecule has 1 aliphatic heterocycles. The van der Waals surface area contributed by atoms with Gasteiger partial charge in [-0.1, -0.05) is 13.0 Å². The summed E-state index contributed by atoms with van der Waals surface area (Å²) in [5, 5.41) is 3.60. The lowest BCUT2D eigenvalue weighted by molar-refractivity contribution is 0.205. The van der Waals surface area contributed by atoms with Gasteiger partial charge in [0, 0.05) is 25.3 Å². The van der Waals surface area contributed by atoms with E-state index >= 15 is 0 Å². The van der Waals surface area contributed by atoms with Crippen LogP contribution in [0.1, 0.15) is 19.0 Å². The zero-order valence-corrected chi connectivity index (χ0v) is 11.7. The van der Waals surface area contributed by atoms with Gasteiger partial charge in [-0.05, 0) is 32.9 Å². The molecule has 0 aromatic carbocycles. The number of hydrogen-bond donors (Lipinski definition) is 1. The number of nitrogens with zero attached hydrogens (tertiary/aromatic N) is 3. The molecule has 2 rings (SSSR count). The molecule has 1 aromatic heterocycles. The molecular formula is C14H24N4. The third-order valence-corrected chi connectivity index (χ3v) is 3.65. The number of imidazole rings is 1. The molecule has 4 nitrogen and oxygen atoms in total. The van der Waals surface area contributed by atoms with Gasteiger partial charge in [-0.15, -0.1) is 6.58 Å². The van der Waals surface area contributed by atoms with Crippen molar-refractivity contribution in [1.29, 1.82) is 0 Å². The van der Waals surface area contributed by atoms with Crippen LogP contribution >= 0.6 is 0 Å². The molecule has 2 heterocycles. The van der Waals surface area contributed by atoms with E-state index in [0.29, 0.717) is 12.0 Å². The second-order valence-corrected chi connectivity index (χ2v) is 5.43. The topological polar surface area (TPSA) is 33.1 Å². The molecule has 0 spiro atoms. The minimum atomic E-state index is 0.520. The number of aryl methyl sites for hydroxylation is 1. The zero-order chi connectivity index (χ0) is 13.1. The molecule has 18 heavy (non-hydrogen) atoms. The van der Waals surface area contributed by atoms with Crippen LogP contribution in [-0.2, 0) is 6.54 Å². The first-order valence-electron chi connectivity index (χ1n) is 6.70. The van der Waals surface area contributed by atoms with Gasteiger partial charge in [-0.3, -0.25) is 0 Å². The van der Waals surface area contributed by atoms with E-state index in [-0.39, 0.29) is 0 Å². The molecule has 1 saturated heterocycles. The van der Waals surface area contributed by atoms with E-state index in [4.69, 9.17) is 0 Å². The molecule has 0 aliphatic carbocycles. The monoisotopic (exact) mass is 248 g/mol. The van der Waals surface area contributed by atoms with Gasteiger partial charge in [-0.25, -0.2) is 4.98 Å². The molecule has 1 aliphatic rings. The van der Waals surface area contributed by atoms with Crippen LogP contribution in [0.3, 0.4) is 0 Å². The summed E-state index contributed by atoms with van der Waals surface area (Å²) in [5.74, 6) is 1.63. The summed E-state index contributed by atoms with van der Waals surface area (Å²) in [5.41, 5.74) is 1.06. The lowest BCUT2D eigenvalue weighted by Gasteiger charge is -2.35. The maximum atomic E-state index is 4.57. The Balaban J connectivity index is 2.06. The Morgan fingerprint density at radius 3 is 3.06 bits per heavy atom. The van der Waals surface area contributed by atoms with Gasteiger partial charge >= 0.3 is 0 Å². The average molecular weight is 248 g/mol. The molecular weight excluding hydrogens is 224 g/mol. The van der Waals surface area contributed by atoms with Crippen LogP contribution < -0.4 is 5.32 Å². The number of likely N-dealkylation sites (tertiary alicyclic amines) is 1. The van der Waals surface area contributed by atoms with Gasteiger partial charge < -0.3 is 14.8 Å². The predicted molar refractivity (Wildman–Crippen MR) is 75.8 cm³/mol. The average Bonchev–Trinajstić information content (AvgIpc) is 2.64. The number of allylic oxidation sites excluding steroid dienone is 1. The SMILES string of the molecule is C=CCn1cc(C)nc1NC1CCN(C)CC1C. The Labute approximate surface area is 110 Å². The van der Waals surface area contributed by atoms with Crippen LogP contribution in [-0.4, -0.2) is 40.6 Å². The van der Waals surface area contributed by atoms with E-state index in [9.17, 15) is 0 Å². The lowest BCUT2D eigenvalue weighted by atomic mass is 9.94. The van der Waals surface area contributed by atoms with Crippen molar-refractivity contribution in [3.8, 4) is 0 Å². The van der Waals surface area contributed by atoms with Crippen molar-refractivity contribution in [3.05, 3.63) is 24.5 Å². The van der Waals surface area contributed by atoms with E-state index in [1.807, 2.05) is 13.0 Å². The van der Waals surface area contributed by atoms with Crippen molar-refractivity contribution < 1.29 is 0 Å². The van der Waals surface area contributed by atoms with Gasteiger partial charge in [0.25, 0.3) is 0 Å². The molecule has 100 valence electrons. The summed E-state index contributed by atoms with van der Waals surface area (Å²) in [4.78, 5) is 6.96. The molecule has 0 saturated carbocycles. The number of nitrogens with one attached hydrogen (secondary N) is 1. The second-order valence-electron chi connectivity index (χ2n) is 5.43. The number of rotatable bonds is 4. The Morgan fingerprint density at radius 2 is 2.39 bits per heavy atom. The van der Waals surface area contributed by atoms with Crippen molar-refractivity contribution in [2.75, 3.05) is 25.5 Å². The van der Waals surface area contributed by atoms with Crippen molar-refractivity contribution in [1.82, 2.24) is 14.5 Å². The van der Waals surface area contributed by atoms with Crippen LogP contribution in [0.5, 0.6) is 0 Å². The quantitative estimate of drug-likeness (QED) is 0.829. The summed E-state index contributed by atoms with van der Waals surface area (Å²) in [6.45, 7) is 11.2. The summed E-state index contributed by atoms with van der Waals surface area (Å²) in [6.07, 6.45) is 5.16. The molecule has 1 fully saturated rings. The van der Waals surface area contributed by atoms with E-state index in [1.54, 1.807) is 0 Å². The Morgan fingerprint density at radius 1 is 1.61 bits per heavy atom. The first-order chi connectivity index (χ1) is 8.60. The van der Waals surface area contributed by atoms with Crippen LogP contribution in [0.2, 0.25) is 0 Å². The highest BCUT2D eigenvalue weighted by molar-refractivity contribution is 5.31. The minimum absolute atomic E-state index is 0.520. The van der Waals surface area contributed by atoms with E-state index in [1.165, 1.54) is 6.42 Å². The fourth-order valence-electron chi connectivity index (χ4n) is 2.67. The third-order valence-electron chi connectivity index (χ3n) is 3.65. The number of anilines is 1. The Kier molecular flexibility index (Phi) is 4.07. The molecule has 0 amide bonds. The van der Waals surface area contributed by atoms with Crippen LogP contribution in [0.4, 0.5) is 5.95 Å². The van der Waals surface area contributed by atoms with Crippen LogP contribution in [0.25, 0.3) is 0 Å². The predicted octanol–water partition coefficient (Wildman–Crippen LogP) is 2.13. The first kappa shape index (κ1) is 13.1. The number of piperidine rings is 1. The minimum Gasteiger partial charge on any atom is -0.353 e. The maximum Gasteiger partial charge on any atom is 0.203 e. The second kappa shape index (κ2) is 5.57. The standard InChI is InChI=1S/C14H24N4/c1-5-7-18-10-12(3)15-14(18)16-13-6-8-17(4)9-11(13)2/h5,10-11,13H,1,6-9H2,2-4H3,(H,15,16). The van der Waals surface area contributed by atoms with Gasteiger partial charge in [0.2, 0.25) is 5.95 Å². The van der Waals surface area contributed by atoms with Crippen LogP contribution in [0, 0.1) is 12.8 Å². The molecule has 0 radical (unpaired) electrons. The summed E-state index contributed by atoms with van der Waals surface area (Å²) in [6, 6.07) is 0.520. The first-order valence-corrected chi connectivity index (χ1v) is 6.70. The van der Waals surface area contributed by atoms with Gasteiger partial charge in [0.1, 0.15) is 0 Å². The number of hydrogen-bond acceptors (Lipinski definition) is 3. The largest absolute Gasteiger partial charge is 0.353 e. The lowest BCUT2D eigenvalue weighted by Crippen LogP contribution is -2.43. The van der Waals surface area contributed by atoms with E-state index in [2.05, 4.69) is 46.5 Å². The molecule has 4 heteroatoms. The van der Waals surface area contributed by atoms with Crippen molar-refractivity contribution >= 4 is 5.95 Å². The summed E-state index contributed by atoms with van der Waals surface area (Å²) < 4.78 is 2.13. The van der Waals surface area contributed by atoms with Crippen molar-refractivity contribution in [2.24, 2.45) is 5.92 Å². The highest BCUT2D eigenvalue weighted by atomic mass is 15.2. The van der Waals surface area contributed by atoms with E-state index < -0.39 is 0 Å². The fourth-order valence-corrected chi connectivity index (χ4v) is 2.67. The molecule has 1 aromatic rings. The molecule has 1 N–H and O–H groups in total. The third kappa shape index (κ3) is 2.93. The van der Waals surface area contributed by atoms with Gasteiger partial charge in [0.05, 0.1) is 5.69 Å². The molecule has 0 bridgehead atoms. The summed E-state index contributed by atoms with van der Waals surface area (Å²) in [7, 11) is 2.19. The zero-order valence-electron chi connectivity index (χ0n) is 11.7. The highest BCUT2D eigenvalue weighted by Gasteiger charge is 2.25. The fraction of sp³-hybridized carbons (Fsp3) is 0.643. The number of aromatic nitrogens is 2. The van der Waals surface area contributed by atoms with Crippen molar-refractivity contribution in [2.45, 2.75) is 32.9 Å². The smallest absolute Gasteiger partial charge is 0.203 e. The van der Waals surface area contributed by atoms with Crippen molar-refractivity contribution in [3.63, 3.8) is 0 Å².